The first-order valence-corrected chi connectivity index (χ1v) is 7.21. The maximum Gasteiger partial charge on any atom is 0.0309 e. The molecule has 0 aromatic rings. The maximum absolute atomic E-state index is 3.78. The second-order valence-corrected chi connectivity index (χ2v) is 5.33. The molecular formula is C14H30N2. The molecule has 2 rings (SSSR count). The van der Waals surface area contributed by atoms with Gasteiger partial charge in [0.15, 0.2) is 0 Å². The highest BCUT2D eigenvalue weighted by atomic mass is 15.2. The van der Waals surface area contributed by atoms with Crippen LogP contribution < -0.4 is 5.32 Å². The predicted octanol–water partition coefficient (Wildman–Crippen LogP) is 3.03. The van der Waals surface area contributed by atoms with Gasteiger partial charge >= 0.3 is 0 Å². The van der Waals surface area contributed by atoms with Gasteiger partial charge in [-0.2, -0.15) is 0 Å². The van der Waals surface area contributed by atoms with Crippen LogP contribution in [0.2, 0.25) is 0 Å². The van der Waals surface area contributed by atoms with E-state index in [4.69, 9.17) is 0 Å². The Kier molecular flexibility index (Phi) is 5.77. The molecule has 0 aromatic heterocycles. The molecule has 0 saturated carbocycles. The van der Waals surface area contributed by atoms with Crippen LogP contribution in [0.3, 0.4) is 0 Å². The van der Waals surface area contributed by atoms with E-state index in [2.05, 4.69) is 24.1 Å². The highest BCUT2D eigenvalue weighted by Gasteiger charge is 2.36. The van der Waals surface area contributed by atoms with Crippen LogP contribution in [0.25, 0.3) is 0 Å². The molecule has 0 aliphatic carbocycles. The first-order valence-electron chi connectivity index (χ1n) is 7.21. The van der Waals surface area contributed by atoms with Gasteiger partial charge in [0.1, 0.15) is 0 Å². The van der Waals surface area contributed by atoms with Gasteiger partial charge in [0.25, 0.3) is 0 Å². The Bertz CT molecular complexity index is 178. The molecule has 2 aliphatic rings. The van der Waals surface area contributed by atoms with Crippen molar-refractivity contribution in [1.82, 2.24) is 10.2 Å². The fourth-order valence-electron chi connectivity index (χ4n) is 2.99. The van der Waals surface area contributed by atoms with Gasteiger partial charge in [-0.15, -0.1) is 0 Å². The molecule has 1 unspecified atom stereocenters. The molecule has 16 heavy (non-hydrogen) atoms. The van der Waals surface area contributed by atoms with Crippen molar-refractivity contribution in [1.29, 1.82) is 0 Å². The minimum Gasteiger partial charge on any atom is -0.310 e. The van der Waals surface area contributed by atoms with Gasteiger partial charge < -0.3 is 5.32 Å². The molecule has 2 heteroatoms. The van der Waals surface area contributed by atoms with E-state index >= 15 is 0 Å². The van der Waals surface area contributed by atoms with Gasteiger partial charge in [-0.3, -0.25) is 4.90 Å². The summed E-state index contributed by atoms with van der Waals surface area (Å²) in [6.45, 7) is 12.5. The molecule has 0 aromatic carbocycles. The van der Waals surface area contributed by atoms with Crippen molar-refractivity contribution >= 4 is 0 Å². The summed E-state index contributed by atoms with van der Waals surface area (Å²) in [6, 6.07) is 0.718. The van der Waals surface area contributed by atoms with E-state index in [1.165, 1.54) is 51.7 Å². The minimum absolute atomic E-state index is 0.487. The van der Waals surface area contributed by atoms with Gasteiger partial charge in [0, 0.05) is 18.1 Å². The summed E-state index contributed by atoms with van der Waals surface area (Å²) in [5.41, 5.74) is 0.487. The first kappa shape index (κ1) is 14.0. The quantitative estimate of drug-likeness (QED) is 0.739. The van der Waals surface area contributed by atoms with Crippen molar-refractivity contribution in [3.05, 3.63) is 0 Å². The molecule has 2 aliphatic heterocycles. The predicted molar refractivity (Wildman–Crippen MR) is 71.9 cm³/mol. The second-order valence-electron chi connectivity index (χ2n) is 5.33. The van der Waals surface area contributed by atoms with Crippen molar-refractivity contribution in [3.8, 4) is 0 Å². The summed E-state index contributed by atoms with van der Waals surface area (Å²) in [5, 5.41) is 3.78. The lowest BCUT2D eigenvalue weighted by atomic mass is 9.81. The molecule has 96 valence electrons. The third kappa shape index (κ3) is 3.46. The Morgan fingerprint density at radius 2 is 1.75 bits per heavy atom. The van der Waals surface area contributed by atoms with Gasteiger partial charge in [0.05, 0.1) is 0 Å². The van der Waals surface area contributed by atoms with Crippen LogP contribution in [0.5, 0.6) is 0 Å². The van der Waals surface area contributed by atoms with Crippen LogP contribution in [0.1, 0.15) is 59.8 Å². The SMILES string of the molecule is CC.CC(C)N1CCCC2(CCCCN2)C1. The number of nitrogens with one attached hydrogen (secondary N) is 1. The summed E-state index contributed by atoms with van der Waals surface area (Å²) in [6.07, 6.45) is 6.99. The van der Waals surface area contributed by atoms with Crippen LogP contribution in [0.4, 0.5) is 0 Å². The standard InChI is InChI=1S/C12H24N2.C2H6/c1-11(2)14-9-5-7-12(10-14)6-3-4-8-13-12;1-2/h11,13H,3-10H2,1-2H3;1-2H3. The van der Waals surface area contributed by atoms with Crippen LogP contribution >= 0.6 is 0 Å². The van der Waals surface area contributed by atoms with E-state index in [0.717, 1.165) is 6.04 Å². The van der Waals surface area contributed by atoms with E-state index < -0.39 is 0 Å². The smallest absolute Gasteiger partial charge is 0.0309 e. The Morgan fingerprint density at radius 3 is 2.31 bits per heavy atom. The van der Waals surface area contributed by atoms with Crippen molar-refractivity contribution in [2.75, 3.05) is 19.6 Å². The molecule has 0 bridgehead atoms. The minimum atomic E-state index is 0.487. The molecule has 0 radical (unpaired) electrons. The lowest BCUT2D eigenvalue weighted by molar-refractivity contribution is 0.0776. The highest BCUT2D eigenvalue weighted by molar-refractivity contribution is 4.97. The largest absolute Gasteiger partial charge is 0.310 e. The monoisotopic (exact) mass is 226 g/mol. The van der Waals surface area contributed by atoms with Crippen molar-refractivity contribution < 1.29 is 0 Å². The first-order chi connectivity index (χ1) is 7.72. The van der Waals surface area contributed by atoms with E-state index in [-0.39, 0.29) is 0 Å². The zero-order chi connectivity index (χ0) is 12.0. The average molecular weight is 226 g/mol. The molecule has 2 heterocycles. The fourth-order valence-corrected chi connectivity index (χ4v) is 2.99. The van der Waals surface area contributed by atoms with Gasteiger partial charge in [-0.1, -0.05) is 20.3 Å². The van der Waals surface area contributed by atoms with Crippen LogP contribution in [0, 0.1) is 0 Å². The molecule has 1 spiro atoms. The summed E-state index contributed by atoms with van der Waals surface area (Å²) < 4.78 is 0. The fraction of sp³-hybridized carbons (Fsp3) is 1.00. The number of nitrogens with zero attached hydrogens (tertiary/aromatic N) is 1. The Hall–Kier alpha value is -0.0800. The summed E-state index contributed by atoms with van der Waals surface area (Å²) >= 11 is 0. The molecule has 1 atom stereocenters. The highest BCUT2D eigenvalue weighted by Crippen LogP contribution is 2.29. The molecule has 1 N–H and O–H groups in total. The van der Waals surface area contributed by atoms with Gasteiger partial charge in [-0.05, 0) is 52.6 Å². The Balaban J connectivity index is 0.000000606. The van der Waals surface area contributed by atoms with E-state index in [9.17, 15) is 0 Å². The third-order valence-corrected chi connectivity index (χ3v) is 3.92. The topological polar surface area (TPSA) is 15.3 Å². The van der Waals surface area contributed by atoms with Crippen LogP contribution in [-0.4, -0.2) is 36.1 Å². The molecule has 2 saturated heterocycles. The number of piperidine rings is 2. The van der Waals surface area contributed by atoms with E-state index in [0.29, 0.717) is 5.54 Å². The lowest BCUT2D eigenvalue weighted by Crippen LogP contribution is -2.59. The van der Waals surface area contributed by atoms with Gasteiger partial charge in [-0.25, -0.2) is 0 Å². The van der Waals surface area contributed by atoms with Gasteiger partial charge in [0.2, 0.25) is 0 Å². The van der Waals surface area contributed by atoms with E-state index in [1.807, 2.05) is 13.8 Å². The number of hydrogen-bond acceptors (Lipinski definition) is 2. The lowest BCUT2D eigenvalue weighted by Gasteiger charge is -2.47. The molecule has 2 nitrogen and oxygen atoms in total. The zero-order valence-corrected chi connectivity index (χ0v) is 11.7. The average Bonchev–Trinajstić information content (AvgIpc) is 2.33. The molecular weight excluding hydrogens is 196 g/mol. The Morgan fingerprint density at radius 1 is 1.06 bits per heavy atom. The third-order valence-electron chi connectivity index (χ3n) is 3.92. The maximum atomic E-state index is 3.78. The van der Waals surface area contributed by atoms with Crippen LogP contribution in [-0.2, 0) is 0 Å². The summed E-state index contributed by atoms with van der Waals surface area (Å²) in [4.78, 5) is 2.64. The molecule has 0 amide bonds. The van der Waals surface area contributed by atoms with Crippen LogP contribution in [0.15, 0.2) is 0 Å². The number of likely N-dealkylation sites (tertiary alicyclic amines) is 1. The Labute approximate surface area is 102 Å². The number of hydrogen-bond donors (Lipinski definition) is 1. The van der Waals surface area contributed by atoms with Crippen molar-refractivity contribution in [3.63, 3.8) is 0 Å². The zero-order valence-electron chi connectivity index (χ0n) is 11.7. The van der Waals surface area contributed by atoms with Crippen molar-refractivity contribution in [2.45, 2.75) is 71.4 Å². The van der Waals surface area contributed by atoms with E-state index in [1.54, 1.807) is 0 Å². The summed E-state index contributed by atoms with van der Waals surface area (Å²) in [5.74, 6) is 0. The van der Waals surface area contributed by atoms with Crippen molar-refractivity contribution in [2.24, 2.45) is 0 Å². The second kappa shape index (κ2) is 6.61. The molecule has 2 fully saturated rings. The number of rotatable bonds is 1. The summed E-state index contributed by atoms with van der Waals surface area (Å²) in [7, 11) is 0. The normalized spacial score (nSPS) is 31.3.